The molecule has 0 aromatic heterocycles. The lowest BCUT2D eigenvalue weighted by atomic mass is 9.87. The third kappa shape index (κ3) is 4.84. The molecule has 4 fully saturated rings. The van der Waals surface area contributed by atoms with Gasteiger partial charge in [0.05, 0.1) is 6.54 Å². The van der Waals surface area contributed by atoms with Crippen molar-refractivity contribution >= 4 is 12.0 Å². The predicted molar refractivity (Wildman–Crippen MR) is 133 cm³/mol. The van der Waals surface area contributed by atoms with Crippen LogP contribution < -0.4 is 0 Å². The number of aryl methyl sites for hydroxylation is 2. The number of likely N-dealkylation sites (tertiary alicyclic amines) is 2. The highest BCUT2D eigenvalue weighted by Gasteiger charge is 2.48. The Kier molecular flexibility index (Phi) is 6.88. The predicted octanol–water partition coefficient (Wildman–Crippen LogP) is 4.78. The highest BCUT2D eigenvalue weighted by Crippen LogP contribution is 2.36. The molecule has 0 unspecified atom stereocenters. The van der Waals surface area contributed by atoms with E-state index in [9.17, 15) is 9.59 Å². The number of rotatable bonds is 4. The Morgan fingerprint density at radius 2 is 1.62 bits per heavy atom. The molecule has 3 saturated heterocycles. The van der Waals surface area contributed by atoms with E-state index in [4.69, 9.17) is 4.74 Å². The second kappa shape index (κ2) is 9.88. The van der Waals surface area contributed by atoms with E-state index in [0.717, 1.165) is 81.6 Å². The van der Waals surface area contributed by atoms with Crippen LogP contribution in [0, 0.1) is 19.8 Å². The molecule has 1 spiro atoms. The van der Waals surface area contributed by atoms with Crippen molar-refractivity contribution < 1.29 is 14.3 Å². The smallest absolute Gasteiger partial charge is 0.410 e. The monoisotopic (exact) mass is 467 g/mol. The number of carbonyl (C=O) groups excluding carboxylic acids is 2. The first-order valence-corrected chi connectivity index (χ1v) is 13.5. The van der Waals surface area contributed by atoms with Gasteiger partial charge in [0.25, 0.3) is 5.91 Å². The summed E-state index contributed by atoms with van der Waals surface area (Å²) in [5.74, 6) is 0.843. The Hall–Kier alpha value is -2.08. The zero-order chi connectivity index (χ0) is 23.7. The van der Waals surface area contributed by atoms with Gasteiger partial charge < -0.3 is 14.5 Å². The normalized spacial score (nSPS) is 24.6. The van der Waals surface area contributed by atoms with Crippen molar-refractivity contribution in [3.8, 4) is 0 Å². The van der Waals surface area contributed by atoms with Gasteiger partial charge in [-0.1, -0.05) is 37.5 Å². The van der Waals surface area contributed by atoms with Crippen LogP contribution in [0.5, 0.6) is 0 Å². The molecule has 5 rings (SSSR count). The highest BCUT2D eigenvalue weighted by molar-refractivity contribution is 5.97. The SMILES string of the molecule is Cc1cccc(C)c1C(=O)N1CCC(N2CCC3(CC2)CN(CC2CCCCC2)C(=O)O3)CC1. The molecule has 1 aliphatic carbocycles. The van der Waals surface area contributed by atoms with Gasteiger partial charge >= 0.3 is 6.09 Å². The van der Waals surface area contributed by atoms with E-state index >= 15 is 0 Å². The van der Waals surface area contributed by atoms with Crippen LogP contribution in [0.25, 0.3) is 0 Å². The van der Waals surface area contributed by atoms with Crippen LogP contribution in [0.15, 0.2) is 18.2 Å². The van der Waals surface area contributed by atoms with Crippen molar-refractivity contribution in [1.82, 2.24) is 14.7 Å². The molecule has 6 nitrogen and oxygen atoms in total. The molecule has 1 saturated carbocycles. The summed E-state index contributed by atoms with van der Waals surface area (Å²) in [5.41, 5.74) is 2.73. The molecule has 0 bridgehead atoms. The molecule has 1 aromatic carbocycles. The fourth-order valence-electron chi connectivity index (χ4n) is 6.82. The fourth-order valence-corrected chi connectivity index (χ4v) is 6.82. The average molecular weight is 468 g/mol. The quantitative estimate of drug-likeness (QED) is 0.640. The van der Waals surface area contributed by atoms with E-state index in [0.29, 0.717) is 12.0 Å². The number of ether oxygens (including phenoxy) is 1. The van der Waals surface area contributed by atoms with E-state index in [1.54, 1.807) is 0 Å². The summed E-state index contributed by atoms with van der Waals surface area (Å²) >= 11 is 0. The van der Waals surface area contributed by atoms with Crippen LogP contribution in [0.3, 0.4) is 0 Å². The molecule has 0 N–H and O–H groups in total. The molecule has 4 aliphatic rings. The summed E-state index contributed by atoms with van der Waals surface area (Å²) in [4.78, 5) is 32.4. The number of carbonyl (C=O) groups is 2. The molecular formula is C28H41N3O3. The molecule has 1 aromatic rings. The number of piperidine rings is 2. The van der Waals surface area contributed by atoms with Gasteiger partial charge in [0, 0.05) is 57.2 Å². The molecule has 6 heteroatoms. The molecule has 0 radical (unpaired) electrons. The third-order valence-electron chi connectivity index (χ3n) is 8.92. The van der Waals surface area contributed by atoms with Crippen LogP contribution in [0.1, 0.15) is 79.3 Å². The van der Waals surface area contributed by atoms with Gasteiger partial charge in [0.2, 0.25) is 0 Å². The van der Waals surface area contributed by atoms with Gasteiger partial charge in [-0.2, -0.15) is 0 Å². The number of amides is 2. The maximum Gasteiger partial charge on any atom is 0.410 e. The summed E-state index contributed by atoms with van der Waals surface area (Å²) in [5, 5.41) is 0. The minimum absolute atomic E-state index is 0.0858. The lowest BCUT2D eigenvalue weighted by Gasteiger charge is -2.44. The first-order chi connectivity index (χ1) is 16.4. The number of hydrogen-bond acceptors (Lipinski definition) is 4. The Bertz CT molecular complexity index is 874. The zero-order valence-electron chi connectivity index (χ0n) is 21.1. The second-order valence-electron chi connectivity index (χ2n) is 11.3. The largest absolute Gasteiger partial charge is 0.441 e. The Morgan fingerprint density at radius 3 is 2.26 bits per heavy atom. The van der Waals surface area contributed by atoms with Crippen LogP contribution in [-0.2, 0) is 4.74 Å². The van der Waals surface area contributed by atoms with Gasteiger partial charge in [-0.3, -0.25) is 9.69 Å². The van der Waals surface area contributed by atoms with E-state index < -0.39 is 0 Å². The minimum atomic E-state index is -0.277. The molecule has 0 atom stereocenters. The van der Waals surface area contributed by atoms with Crippen LogP contribution in [0.2, 0.25) is 0 Å². The lowest BCUT2D eigenvalue weighted by Crippen LogP contribution is -2.53. The second-order valence-corrected chi connectivity index (χ2v) is 11.3. The lowest BCUT2D eigenvalue weighted by molar-refractivity contribution is -0.0174. The molecule has 34 heavy (non-hydrogen) atoms. The standard InChI is InChI=1S/C28H41N3O3/c1-21-7-6-8-22(2)25(21)26(32)30-15-11-24(12-16-30)29-17-13-28(14-18-29)20-31(27(33)34-28)19-23-9-4-3-5-10-23/h6-8,23-24H,3-5,9-20H2,1-2H3. The van der Waals surface area contributed by atoms with Crippen molar-refractivity contribution in [3.63, 3.8) is 0 Å². The van der Waals surface area contributed by atoms with Gasteiger partial charge in [-0.25, -0.2) is 4.79 Å². The van der Waals surface area contributed by atoms with Crippen molar-refractivity contribution in [2.75, 3.05) is 39.3 Å². The number of hydrogen-bond donors (Lipinski definition) is 0. The number of benzene rings is 1. The van der Waals surface area contributed by atoms with Gasteiger partial charge in [-0.15, -0.1) is 0 Å². The zero-order valence-corrected chi connectivity index (χ0v) is 21.1. The van der Waals surface area contributed by atoms with Crippen LogP contribution in [-0.4, -0.2) is 77.6 Å². The van der Waals surface area contributed by atoms with Crippen LogP contribution >= 0.6 is 0 Å². The maximum absolute atomic E-state index is 13.2. The summed E-state index contributed by atoms with van der Waals surface area (Å²) in [6.45, 7) is 9.34. The van der Waals surface area contributed by atoms with Crippen molar-refractivity contribution in [3.05, 3.63) is 34.9 Å². The Balaban J connectivity index is 1.11. The third-order valence-corrected chi connectivity index (χ3v) is 8.92. The van der Waals surface area contributed by atoms with Gasteiger partial charge in [0.15, 0.2) is 0 Å². The topological polar surface area (TPSA) is 53.1 Å². The highest BCUT2D eigenvalue weighted by atomic mass is 16.6. The molecular weight excluding hydrogens is 426 g/mol. The van der Waals surface area contributed by atoms with Gasteiger partial charge in [0.1, 0.15) is 5.60 Å². The first-order valence-electron chi connectivity index (χ1n) is 13.5. The van der Waals surface area contributed by atoms with Crippen molar-refractivity contribution in [2.24, 2.45) is 5.92 Å². The maximum atomic E-state index is 13.2. The van der Waals surface area contributed by atoms with Crippen molar-refractivity contribution in [2.45, 2.75) is 83.3 Å². The van der Waals surface area contributed by atoms with E-state index in [1.807, 2.05) is 41.8 Å². The number of nitrogens with zero attached hydrogens (tertiary/aromatic N) is 3. The Labute approximate surface area is 204 Å². The minimum Gasteiger partial charge on any atom is -0.441 e. The van der Waals surface area contributed by atoms with Gasteiger partial charge in [-0.05, 0) is 56.6 Å². The average Bonchev–Trinajstić information content (AvgIpc) is 3.14. The summed E-state index contributed by atoms with van der Waals surface area (Å²) < 4.78 is 6.01. The Morgan fingerprint density at radius 1 is 0.971 bits per heavy atom. The summed E-state index contributed by atoms with van der Waals surface area (Å²) in [7, 11) is 0. The van der Waals surface area contributed by atoms with Crippen LogP contribution in [0.4, 0.5) is 4.79 Å². The molecule has 186 valence electrons. The summed E-state index contributed by atoms with van der Waals surface area (Å²) in [6, 6.07) is 6.61. The van der Waals surface area contributed by atoms with E-state index in [2.05, 4.69) is 4.90 Å². The molecule has 3 heterocycles. The van der Waals surface area contributed by atoms with Crippen molar-refractivity contribution in [1.29, 1.82) is 0 Å². The fraction of sp³-hybridized carbons (Fsp3) is 0.714. The van der Waals surface area contributed by atoms with E-state index in [-0.39, 0.29) is 17.6 Å². The molecule has 2 amide bonds. The molecule has 3 aliphatic heterocycles. The summed E-state index contributed by atoms with van der Waals surface area (Å²) in [6.07, 6.45) is 10.3. The van der Waals surface area contributed by atoms with E-state index in [1.165, 1.54) is 32.1 Å². The first kappa shape index (κ1) is 23.7.